The summed E-state index contributed by atoms with van der Waals surface area (Å²) in [6.07, 6.45) is 3.61. The van der Waals surface area contributed by atoms with Gasteiger partial charge in [-0.15, -0.1) is 0 Å². The SMILES string of the molecule is Cc1ccc(S(=O)(=O)NN=C[C@H]2CCCCN2C(=O)OC(C)(C)C)cc1. The van der Waals surface area contributed by atoms with E-state index < -0.39 is 21.7 Å². The lowest BCUT2D eigenvalue weighted by Gasteiger charge is -2.34. The molecule has 1 amide bonds. The number of hydrazone groups is 1. The quantitative estimate of drug-likeness (QED) is 0.641. The molecule has 26 heavy (non-hydrogen) atoms. The molecular formula is C18H27N3O4S. The standard InChI is InChI=1S/C18H27N3O4S/c1-14-8-10-16(11-9-14)26(23,24)20-19-13-15-7-5-6-12-21(15)17(22)25-18(2,3)4/h8-11,13,15,20H,5-7,12H2,1-4H3/t15-/m1/s1. The highest BCUT2D eigenvalue weighted by molar-refractivity contribution is 7.89. The van der Waals surface area contributed by atoms with Crippen molar-refractivity contribution in [2.45, 2.75) is 63.5 Å². The molecule has 1 atom stereocenters. The minimum Gasteiger partial charge on any atom is -0.444 e. The molecule has 1 aromatic carbocycles. The molecule has 0 unspecified atom stereocenters. The summed E-state index contributed by atoms with van der Waals surface area (Å²) in [5, 5.41) is 3.88. The van der Waals surface area contributed by atoms with E-state index in [0.717, 1.165) is 24.8 Å². The van der Waals surface area contributed by atoms with E-state index >= 15 is 0 Å². The number of sulfonamides is 1. The molecule has 1 N–H and O–H groups in total. The van der Waals surface area contributed by atoms with Crippen molar-refractivity contribution in [1.29, 1.82) is 0 Å². The second-order valence-electron chi connectivity index (χ2n) is 7.42. The lowest BCUT2D eigenvalue weighted by atomic mass is 10.0. The number of ether oxygens (including phenoxy) is 1. The summed E-state index contributed by atoms with van der Waals surface area (Å²) in [5.41, 5.74) is 0.395. The van der Waals surface area contributed by atoms with Gasteiger partial charge in [0.05, 0.1) is 10.9 Å². The van der Waals surface area contributed by atoms with Crippen LogP contribution in [0.5, 0.6) is 0 Å². The molecule has 0 radical (unpaired) electrons. The van der Waals surface area contributed by atoms with E-state index in [9.17, 15) is 13.2 Å². The smallest absolute Gasteiger partial charge is 0.410 e. The van der Waals surface area contributed by atoms with Crippen molar-refractivity contribution in [2.75, 3.05) is 6.54 Å². The van der Waals surface area contributed by atoms with Crippen molar-refractivity contribution >= 4 is 22.3 Å². The number of benzene rings is 1. The first-order valence-electron chi connectivity index (χ1n) is 8.70. The Balaban J connectivity index is 2.04. The molecule has 2 rings (SSSR count). The number of piperidine rings is 1. The summed E-state index contributed by atoms with van der Waals surface area (Å²) in [5.74, 6) is 0. The number of hydrogen-bond acceptors (Lipinski definition) is 5. The van der Waals surface area contributed by atoms with E-state index in [2.05, 4.69) is 9.93 Å². The predicted octanol–water partition coefficient (Wildman–Crippen LogP) is 3.05. The Morgan fingerprint density at radius 2 is 1.92 bits per heavy atom. The third-order valence-corrected chi connectivity index (χ3v) is 5.17. The lowest BCUT2D eigenvalue weighted by molar-refractivity contribution is 0.0171. The fourth-order valence-corrected chi connectivity index (χ4v) is 3.41. The summed E-state index contributed by atoms with van der Waals surface area (Å²) in [6, 6.07) is 6.22. The number of amides is 1. The van der Waals surface area contributed by atoms with Gasteiger partial charge in [-0.05, 0) is 59.1 Å². The minimum atomic E-state index is -3.73. The molecule has 0 saturated carbocycles. The highest BCUT2D eigenvalue weighted by Crippen LogP contribution is 2.19. The minimum absolute atomic E-state index is 0.146. The third kappa shape index (κ3) is 5.72. The van der Waals surface area contributed by atoms with Gasteiger partial charge in [0, 0.05) is 12.8 Å². The summed E-state index contributed by atoms with van der Waals surface area (Å²) in [7, 11) is -3.73. The van der Waals surface area contributed by atoms with Crippen LogP contribution in [0.15, 0.2) is 34.3 Å². The Kier molecular flexibility index (Phi) is 6.28. The maximum atomic E-state index is 12.3. The zero-order chi connectivity index (χ0) is 19.4. The van der Waals surface area contributed by atoms with Gasteiger partial charge in [-0.3, -0.25) is 0 Å². The molecule has 7 nitrogen and oxygen atoms in total. The first-order valence-corrected chi connectivity index (χ1v) is 10.2. The molecule has 1 fully saturated rings. The molecule has 0 aliphatic carbocycles. The zero-order valence-corrected chi connectivity index (χ0v) is 16.5. The third-order valence-electron chi connectivity index (χ3n) is 3.93. The number of nitrogens with one attached hydrogen (secondary N) is 1. The monoisotopic (exact) mass is 381 g/mol. The van der Waals surface area contributed by atoms with Gasteiger partial charge >= 0.3 is 6.09 Å². The second-order valence-corrected chi connectivity index (χ2v) is 9.08. The summed E-state index contributed by atoms with van der Waals surface area (Å²) < 4.78 is 29.9. The Labute approximate surface area is 155 Å². The molecule has 0 spiro atoms. The van der Waals surface area contributed by atoms with Crippen LogP contribution in [0.25, 0.3) is 0 Å². The van der Waals surface area contributed by atoms with E-state index in [-0.39, 0.29) is 10.9 Å². The fraction of sp³-hybridized carbons (Fsp3) is 0.556. The van der Waals surface area contributed by atoms with E-state index in [1.807, 2.05) is 27.7 Å². The summed E-state index contributed by atoms with van der Waals surface area (Å²) in [4.78, 5) is 16.3. The van der Waals surface area contributed by atoms with Gasteiger partial charge < -0.3 is 9.64 Å². The number of hydrogen-bond donors (Lipinski definition) is 1. The van der Waals surface area contributed by atoms with Crippen LogP contribution in [-0.2, 0) is 14.8 Å². The van der Waals surface area contributed by atoms with Crippen LogP contribution in [0.4, 0.5) is 4.79 Å². The maximum absolute atomic E-state index is 12.3. The van der Waals surface area contributed by atoms with Crippen molar-refractivity contribution in [1.82, 2.24) is 9.73 Å². The predicted molar refractivity (Wildman–Crippen MR) is 101 cm³/mol. The average Bonchev–Trinajstić information content (AvgIpc) is 2.54. The van der Waals surface area contributed by atoms with Gasteiger partial charge in [-0.1, -0.05) is 17.7 Å². The van der Waals surface area contributed by atoms with Crippen LogP contribution in [-0.4, -0.2) is 43.8 Å². The summed E-state index contributed by atoms with van der Waals surface area (Å²) in [6.45, 7) is 7.89. The van der Waals surface area contributed by atoms with Gasteiger partial charge in [-0.25, -0.2) is 9.63 Å². The van der Waals surface area contributed by atoms with Crippen molar-refractivity contribution in [2.24, 2.45) is 5.10 Å². The van der Waals surface area contributed by atoms with E-state index in [1.54, 1.807) is 17.0 Å². The lowest BCUT2D eigenvalue weighted by Crippen LogP contribution is -2.47. The van der Waals surface area contributed by atoms with E-state index in [1.165, 1.54) is 18.3 Å². The first kappa shape index (κ1) is 20.2. The van der Waals surface area contributed by atoms with Crippen molar-refractivity contribution in [3.05, 3.63) is 29.8 Å². The van der Waals surface area contributed by atoms with Gasteiger partial charge in [0.1, 0.15) is 5.60 Å². The highest BCUT2D eigenvalue weighted by Gasteiger charge is 2.29. The van der Waals surface area contributed by atoms with Crippen LogP contribution < -0.4 is 4.83 Å². The fourth-order valence-electron chi connectivity index (χ4n) is 2.62. The van der Waals surface area contributed by atoms with Crippen LogP contribution in [0, 0.1) is 6.92 Å². The molecule has 1 aliphatic rings. The summed E-state index contributed by atoms with van der Waals surface area (Å²) >= 11 is 0. The van der Waals surface area contributed by atoms with Crippen LogP contribution in [0.2, 0.25) is 0 Å². The highest BCUT2D eigenvalue weighted by atomic mass is 32.2. The van der Waals surface area contributed by atoms with Crippen LogP contribution >= 0.6 is 0 Å². The Morgan fingerprint density at radius 3 is 2.54 bits per heavy atom. The average molecular weight is 381 g/mol. The largest absolute Gasteiger partial charge is 0.444 e. The van der Waals surface area contributed by atoms with E-state index in [4.69, 9.17) is 4.74 Å². The molecule has 1 aliphatic heterocycles. The van der Waals surface area contributed by atoms with Crippen molar-refractivity contribution in [3.8, 4) is 0 Å². The van der Waals surface area contributed by atoms with Crippen LogP contribution in [0.1, 0.15) is 45.6 Å². The topological polar surface area (TPSA) is 88.1 Å². The van der Waals surface area contributed by atoms with Gasteiger partial charge in [0.2, 0.25) is 0 Å². The van der Waals surface area contributed by atoms with Crippen LogP contribution in [0.3, 0.4) is 0 Å². The van der Waals surface area contributed by atoms with Gasteiger partial charge in [0.25, 0.3) is 10.0 Å². The molecule has 8 heteroatoms. The maximum Gasteiger partial charge on any atom is 0.410 e. The van der Waals surface area contributed by atoms with Crippen molar-refractivity contribution in [3.63, 3.8) is 0 Å². The molecular weight excluding hydrogens is 354 g/mol. The molecule has 1 heterocycles. The normalized spacial score (nSPS) is 18.8. The number of carbonyl (C=O) groups is 1. The molecule has 1 saturated heterocycles. The number of likely N-dealkylation sites (tertiary alicyclic amines) is 1. The number of aryl methyl sites for hydroxylation is 1. The van der Waals surface area contributed by atoms with E-state index in [0.29, 0.717) is 6.54 Å². The van der Waals surface area contributed by atoms with Crippen molar-refractivity contribution < 1.29 is 17.9 Å². The molecule has 0 aromatic heterocycles. The van der Waals surface area contributed by atoms with Gasteiger partial charge in [-0.2, -0.15) is 13.5 Å². The Hall–Kier alpha value is -2.09. The molecule has 0 bridgehead atoms. The number of rotatable bonds is 4. The first-order chi connectivity index (χ1) is 12.1. The molecule has 144 valence electrons. The Bertz CT molecular complexity index is 752. The van der Waals surface area contributed by atoms with Gasteiger partial charge in [0.15, 0.2) is 0 Å². The molecule has 1 aromatic rings. The Morgan fingerprint density at radius 1 is 1.27 bits per heavy atom. The zero-order valence-electron chi connectivity index (χ0n) is 15.7. The number of carbonyl (C=O) groups excluding carboxylic acids is 1. The number of nitrogens with zero attached hydrogens (tertiary/aromatic N) is 2. The second kappa shape index (κ2) is 8.07.